The zero-order valence-electron chi connectivity index (χ0n) is 70.8. The summed E-state index contributed by atoms with van der Waals surface area (Å²) in [5.74, 6) is 3.79. The summed E-state index contributed by atoms with van der Waals surface area (Å²) in [7, 11) is 6.74. The molecule has 0 amide bonds. The second-order valence-corrected chi connectivity index (χ2v) is 41.5. The van der Waals surface area contributed by atoms with E-state index in [-0.39, 0.29) is 117 Å². The molecule has 21 heteroatoms. The number of ether oxygens (including phenoxy) is 12. The van der Waals surface area contributed by atoms with Crippen LogP contribution in [0.25, 0.3) is 0 Å². The fourth-order valence-electron chi connectivity index (χ4n) is 29.6. The maximum absolute atomic E-state index is 12.6. The number of fused-ring (bicyclic) bond motifs is 8. The van der Waals surface area contributed by atoms with Gasteiger partial charge in [-0.15, -0.1) is 0 Å². The molecule has 15 rings (SSSR count). The number of hydrogen-bond acceptors (Lipinski definition) is 21. The Hall–Kier alpha value is -1.74. The first-order valence-electron chi connectivity index (χ1n) is 42.9. The highest BCUT2D eigenvalue weighted by atomic mass is 16.9. The molecule has 4 N–H and O–H groups in total. The van der Waals surface area contributed by atoms with Crippen molar-refractivity contribution in [1.29, 1.82) is 0 Å². The van der Waals surface area contributed by atoms with Gasteiger partial charge in [0.1, 0.15) is 0 Å². The number of nitrogens with zero attached hydrogens (tertiary/aromatic N) is 3. The molecule has 10 aliphatic carbocycles. The van der Waals surface area contributed by atoms with Crippen LogP contribution >= 0.6 is 0 Å². The van der Waals surface area contributed by atoms with Crippen molar-refractivity contribution < 1.29 is 86.9 Å². The van der Waals surface area contributed by atoms with Gasteiger partial charge in [0.05, 0.1) is 79.9 Å². The largest absolute Gasteiger partial charge is 0.457 e. The third-order valence-corrected chi connectivity index (χ3v) is 34.8. The lowest BCUT2D eigenvalue weighted by molar-refractivity contribution is -0.335. The Morgan fingerprint density at radius 1 is 0.560 bits per heavy atom. The van der Waals surface area contributed by atoms with E-state index in [0.29, 0.717) is 41.9 Å². The molecule has 5 heterocycles. The van der Waals surface area contributed by atoms with E-state index in [1.807, 2.05) is 0 Å². The van der Waals surface area contributed by atoms with Crippen molar-refractivity contribution in [2.75, 3.05) is 114 Å². The van der Waals surface area contributed by atoms with Gasteiger partial charge in [-0.2, -0.15) is 0 Å². The van der Waals surface area contributed by atoms with Gasteiger partial charge >= 0.3 is 11.9 Å². The van der Waals surface area contributed by atoms with Crippen LogP contribution in [-0.2, 0) is 66.4 Å². The van der Waals surface area contributed by atoms with E-state index in [4.69, 9.17) is 56.8 Å². The van der Waals surface area contributed by atoms with Crippen LogP contribution in [0.3, 0.4) is 0 Å². The molecule has 0 aromatic carbocycles. The van der Waals surface area contributed by atoms with Gasteiger partial charge in [0.2, 0.25) is 0 Å². The van der Waals surface area contributed by atoms with Gasteiger partial charge in [-0.25, -0.2) is 0 Å². The van der Waals surface area contributed by atoms with E-state index in [2.05, 4.69) is 90.9 Å². The van der Waals surface area contributed by atoms with Crippen molar-refractivity contribution >= 4 is 11.9 Å². The Morgan fingerprint density at radius 2 is 0.991 bits per heavy atom. The van der Waals surface area contributed by atoms with Crippen molar-refractivity contribution in [3.05, 3.63) is 0 Å². The second kappa shape index (κ2) is 31.5. The molecule has 628 valence electrons. The van der Waals surface area contributed by atoms with Gasteiger partial charge in [0.15, 0.2) is 25.3 Å². The molecule has 21 nitrogen and oxygen atoms in total. The molecule has 109 heavy (non-hydrogen) atoms. The highest BCUT2D eigenvalue weighted by molar-refractivity contribution is 5.66. The zero-order chi connectivity index (χ0) is 78.3. The number of morpholine rings is 1. The van der Waals surface area contributed by atoms with Crippen LogP contribution in [0.1, 0.15) is 234 Å². The van der Waals surface area contributed by atoms with Gasteiger partial charge in [0.25, 0.3) is 6.48 Å². The summed E-state index contributed by atoms with van der Waals surface area (Å²) in [4.78, 5) is 31.7. The quantitative estimate of drug-likeness (QED) is 0.0550. The van der Waals surface area contributed by atoms with Crippen LogP contribution in [0.5, 0.6) is 0 Å². The average Bonchev–Trinajstić information content (AvgIpc) is 1.46. The van der Waals surface area contributed by atoms with Crippen LogP contribution in [0.4, 0.5) is 0 Å². The fraction of sp³-hybridized carbons (Fsp3) is 0.977. The first-order chi connectivity index (χ1) is 50.7. The predicted octanol–water partition coefficient (Wildman–Crippen LogP) is 12.2. The molecule has 5 aliphatic heterocycles. The summed E-state index contributed by atoms with van der Waals surface area (Å²) in [5, 5.41) is 47.2. The number of carbonyl (C=O) groups is 2. The topological polar surface area (TPSA) is 236 Å². The lowest BCUT2D eigenvalue weighted by Crippen LogP contribution is -2.60. The zero-order valence-corrected chi connectivity index (χ0v) is 70.8. The molecule has 0 bridgehead atoms. The number of hydrogen-bond donors (Lipinski definition) is 4. The van der Waals surface area contributed by atoms with Gasteiger partial charge in [-0.1, -0.05) is 90.0 Å². The SMILES string of the molecule is C.CCC1CN(CCOC)C1.COCCN1CC(CN2CCO[C@@H](O[C@H]3CCC45C[C@]46CC[C@]4(C)[C@@H]7[C@H](O[C@@H]([C@H](OC(C)=O)C(C)(C)O)C[C@H]7C)[C@H](O)[C@@]4(C)[C@@H]6CC[C@H]5C3(C)C)C2)C1.COCO[C@H](OC)O[C@H]1CCC23C[C@]24CC[C@]2(C)[C@@H]5[C@H](O[C@@H]([C@H](OC(C)=O)C(C)(C)O)C[C@H]5C)[C@H](O)[C@@]2(C)[C@@H]4CC[C@H]3C1(C)C. The minimum absolute atomic E-state index is 0. The molecule has 10 saturated carbocycles. The Kier molecular flexibility index (Phi) is 25.0. The van der Waals surface area contributed by atoms with Crippen molar-refractivity contribution in [3.63, 3.8) is 0 Å². The monoisotopic (exact) mass is 1540 g/mol. The van der Waals surface area contributed by atoms with Crippen LogP contribution in [0, 0.1) is 113 Å². The molecule has 15 fully saturated rings. The average molecular weight is 1540 g/mol. The fourth-order valence-corrected chi connectivity index (χ4v) is 29.6. The second-order valence-electron chi connectivity index (χ2n) is 41.5. The summed E-state index contributed by atoms with van der Waals surface area (Å²) in [5.41, 5.74) is -2.14. The van der Waals surface area contributed by atoms with Crippen LogP contribution < -0.4 is 0 Å². The minimum atomic E-state index is -1.26. The highest BCUT2D eigenvalue weighted by Gasteiger charge is 2.87. The van der Waals surface area contributed by atoms with Gasteiger partial charge < -0.3 is 87.1 Å². The molecule has 2 unspecified atom stereocenters. The number of aliphatic hydroxyl groups excluding tert-OH is 2. The molecular weight excluding hydrogens is 1390 g/mol. The smallest absolute Gasteiger partial charge is 0.303 e. The highest BCUT2D eigenvalue weighted by Crippen LogP contribution is 2.91. The number of methoxy groups -OCH3 is 4. The molecule has 0 aromatic heterocycles. The summed E-state index contributed by atoms with van der Waals surface area (Å²) < 4.78 is 71.3. The molecule has 0 aromatic rings. The predicted molar refractivity (Wildman–Crippen MR) is 416 cm³/mol. The Bertz CT molecular complexity index is 3120. The maximum Gasteiger partial charge on any atom is 0.303 e. The number of likely N-dealkylation sites (tertiary alicyclic amines) is 2. The Labute approximate surface area is 657 Å². The lowest BCUT2D eigenvalue weighted by atomic mass is 9.41. The lowest BCUT2D eigenvalue weighted by Gasteiger charge is -2.64. The third kappa shape index (κ3) is 14.3. The summed E-state index contributed by atoms with van der Waals surface area (Å²) in [6.45, 7) is 47.6. The first kappa shape index (κ1) is 86.6. The van der Waals surface area contributed by atoms with E-state index in [1.54, 1.807) is 56.1 Å². The third-order valence-electron chi connectivity index (χ3n) is 34.8. The van der Waals surface area contributed by atoms with Crippen LogP contribution in [0.15, 0.2) is 0 Å². The number of rotatable bonds is 23. The van der Waals surface area contributed by atoms with Crippen molar-refractivity contribution in [1.82, 2.24) is 14.7 Å². The summed E-state index contributed by atoms with van der Waals surface area (Å²) >= 11 is 0. The molecule has 4 spiro atoms. The molecular formula is C88H153N3O18. The number of carbonyl (C=O) groups excluding carboxylic acids is 2. The van der Waals surface area contributed by atoms with Crippen molar-refractivity contribution in [2.45, 2.75) is 319 Å². The standard InChI is InChI=1S/C43H72N2O8.C36H60O9.C8H17NO.CH4/c1-26-20-29(37(39(5,6)48)51-27(2)46)52-35-34(26)40(7)14-15-43-25-42(43)13-12-32(38(3,4)30(42)10-11-31(43)41(40,8)36(35)47)53-33-24-45(17-19-50-33)23-28-21-44(22-28)16-18-49-9;1-20-17-22(29(32(5,6)39)43-21(2)37)44-27-26(20)33(7)15-16-36-18-35(36)14-13-25(45-30(41-10)42-19-40-9)31(3,4)23(35)11-12-24(36)34(33,8)28(27)38;1-3-8-6-9(7-8)4-5-10-2;/h26,28-37,47-48H,10-25H2,1-9H3;20,22-30,38-39H,11-19H2,1-10H3;8H,3-7H2,1-2H3;1H4/t26-,29-,30+,31+,32+,33+,34+,35+,36+,37+,40-,41-,42?,43+;20-,22-,23+,24+,25+,26+,27+,28+,29+,30+,33-,34-,35?,36+;;/m11../s1. The van der Waals surface area contributed by atoms with Crippen molar-refractivity contribution in [2.24, 2.45) is 113 Å². The van der Waals surface area contributed by atoms with E-state index < -0.39 is 66.2 Å². The van der Waals surface area contributed by atoms with Crippen LogP contribution in [0.2, 0.25) is 0 Å². The van der Waals surface area contributed by atoms with E-state index >= 15 is 0 Å². The van der Waals surface area contributed by atoms with Gasteiger partial charge in [-0.05, 0) is 233 Å². The van der Waals surface area contributed by atoms with Gasteiger partial charge in [0, 0.05) is 112 Å². The minimum Gasteiger partial charge on any atom is -0.457 e. The Balaban J connectivity index is 0.000000180. The Morgan fingerprint density at radius 3 is 1.41 bits per heavy atom. The maximum atomic E-state index is 12.6. The normalized spacial score (nSPS) is 46.0. The number of aliphatic hydroxyl groups is 4. The molecule has 28 atom stereocenters. The van der Waals surface area contributed by atoms with Crippen molar-refractivity contribution in [3.8, 4) is 0 Å². The van der Waals surface area contributed by atoms with E-state index in [0.717, 1.165) is 129 Å². The van der Waals surface area contributed by atoms with Crippen LogP contribution in [-0.4, -0.2) is 246 Å². The van der Waals surface area contributed by atoms with E-state index in [1.165, 1.54) is 71.9 Å². The van der Waals surface area contributed by atoms with Gasteiger partial charge in [-0.3, -0.25) is 14.5 Å². The summed E-state index contributed by atoms with van der Waals surface area (Å²) in [6.07, 6.45) is 14.4. The summed E-state index contributed by atoms with van der Waals surface area (Å²) in [6, 6.07) is 0. The molecule has 0 radical (unpaired) electrons. The molecule has 15 aliphatic rings. The number of esters is 2. The molecule has 5 saturated heterocycles. The first-order valence-corrected chi connectivity index (χ1v) is 42.9. The van der Waals surface area contributed by atoms with E-state index in [9.17, 15) is 30.0 Å².